The monoisotopic (exact) mass is 584 g/mol. The van der Waals surface area contributed by atoms with Crippen LogP contribution in [0.5, 0.6) is 11.5 Å². The van der Waals surface area contributed by atoms with Crippen molar-refractivity contribution in [3.63, 3.8) is 0 Å². The molecule has 1 aromatic rings. The molecule has 11 nitrogen and oxygen atoms in total. The molecule has 0 radical (unpaired) electrons. The topological polar surface area (TPSA) is 157 Å². The number of Topliss-reactive ketones (excluding diaryl/α,β-unsaturated/α-hetero) is 1. The van der Waals surface area contributed by atoms with Gasteiger partial charge in [-0.05, 0) is 50.3 Å². The predicted octanol–water partition coefficient (Wildman–Crippen LogP) is 0.968. The van der Waals surface area contributed by atoms with Crippen LogP contribution in [0.25, 0.3) is 0 Å². The van der Waals surface area contributed by atoms with Crippen molar-refractivity contribution < 1.29 is 33.4 Å². The highest BCUT2D eigenvalue weighted by atomic mass is 16.6. The molecule has 42 heavy (non-hydrogen) atoms. The van der Waals surface area contributed by atoms with Crippen LogP contribution in [0, 0.1) is 5.92 Å². The third-order valence-corrected chi connectivity index (χ3v) is 10.8. The van der Waals surface area contributed by atoms with Gasteiger partial charge in [0.2, 0.25) is 5.91 Å². The van der Waals surface area contributed by atoms with Gasteiger partial charge in [0.15, 0.2) is 23.4 Å². The lowest BCUT2D eigenvalue weighted by atomic mass is 9.48. The van der Waals surface area contributed by atoms with E-state index in [1.54, 1.807) is 13.1 Å². The standard InChI is InChI=1S/C31H45N5O6/c1-35(15-14-34-28(38)21(33)5-3-4-13-32)29(39)41-23-9-8-20-17-24-31(40)11-10-22(37)27-30(31,25(20)26(23)42-27)12-16-36(24,2)18-19-6-7-19/h8-9,19,21,24,27,40H,3-7,10-18,32-33H2,1-2H3/p+1/t21?,24-,27+,30+,31-,36-/m1/s1. The zero-order valence-electron chi connectivity index (χ0n) is 24.9. The van der Waals surface area contributed by atoms with E-state index in [9.17, 15) is 19.5 Å². The number of unbranched alkanes of at least 4 members (excludes halogenated alkanes) is 1. The molecule has 2 amide bonds. The lowest BCUT2D eigenvalue weighted by Gasteiger charge is -2.64. The number of likely N-dealkylation sites (N-methyl/N-ethyl adjacent to an activating group) is 2. The summed E-state index contributed by atoms with van der Waals surface area (Å²) in [7, 11) is 3.88. The number of nitrogens with two attached hydrogens (primary N) is 2. The SMILES string of the molecule is CN(CCNC(=O)C(N)CCCCN)C(=O)Oc1ccc2c3c1O[C@H]1C(=O)CC[C@@]4(O)[C@@H](C2)[N@@+](C)(CC2CC2)CC[C@]314. The minimum atomic E-state index is -1.06. The molecule has 2 bridgehead atoms. The number of hydrogen-bond acceptors (Lipinski definition) is 8. The van der Waals surface area contributed by atoms with Crippen LogP contribution >= 0.6 is 0 Å². The lowest BCUT2D eigenvalue weighted by Crippen LogP contribution is -2.80. The maximum absolute atomic E-state index is 13.3. The molecule has 1 aromatic carbocycles. The van der Waals surface area contributed by atoms with E-state index in [0.29, 0.717) is 38.0 Å². The number of ether oxygens (including phenoxy) is 2. The summed E-state index contributed by atoms with van der Waals surface area (Å²) in [6.45, 7) is 2.97. The Hall–Kier alpha value is -2.73. The van der Waals surface area contributed by atoms with E-state index < -0.39 is 29.3 Å². The molecular weight excluding hydrogens is 538 g/mol. The van der Waals surface area contributed by atoms with Gasteiger partial charge in [0.1, 0.15) is 11.6 Å². The number of carbonyl (C=O) groups excluding carboxylic acids is 3. The Bertz CT molecular complexity index is 1270. The molecule has 6 atom stereocenters. The highest BCUT2D eigenvalue weighted by Gasteiger charge is 2.76. The summed E-state index contributed by atoms with van der Waals surface area (Å²) in [6, 6.07) is 3.12. The molecule has 1 saturated heterocycles. The Balaban J connectivity index is 1.19. The summed E-state index contributed by atoms with van der Waals surface area (Å²) in [5.74, 6) is 1.14. The molecule has 230 valence electrons. The van der Waals surface area contributed by atoms with Gasteiger partial charge in [0.25, 0.3) is 0 Å². The summed E-state index contributed by atoms with van der Waals surface area (Å²) in [5, 5.41) is 15.4. The number of hydrogen-bond donors (Lipinski definition) is 4. The molecule has 6 N–H and O–H groups in total. The number of rotatable bonds is 11. The number of nitrogens with zero attached hydrogens (tertiary/aromatic N) is 2. The van der Waals surface area contributed by atoms with Crippen LogP contribution < -0.4 is 26.3 Å². The van der Waals surface area contributed by atoms with Gasteiger partial charge < -0.3 is 40.7 Å². The number of carbonyl (C=O) groups is 3. The molecule has 3 aliphatic carbocycles. The van der Waals surface area contributed by atoms with Crippen molar-refractivity contribution in [1.82, 2.24) is 10.2 Å². The Morgan fingerprint density at radius 2 is 2.07 bits per heavy atom. The quantitative estimate of drug-likeness (QED) is 0.221. The van der Waals surface area contributed by atoms with Crippen LogP contribution in [0.4, 0.5) is 4.79 Å². The van der Waals surface area contributed by atoms with Gasteiger partial charge in [0, 0.05) is 50.9 Å². The van der Waals surface area contributed by atoms with Gasteiger partial charge in [-0.15, -0.1) is 0 Å². The first kappa shape index (κ1) is 29.3. The molecule has 11 heteroatoms. The first-order valence-electron chi connectivity index (χ1n) is 15.6. The fraction of sp³-hybridized carbons (Fsp3) is 0.710. The molecule has 2 heterocycles. The fourth-order valence-corrected chi connectivity index (χ4v) is 8.39. The first-order valence-corrected chi connectivity index (χ1v) is 15.6. The van der Waals surface area contributed by atoms with Crippen molar-refractivity contribution in [3.05, 3.63) is 23.3 Å². The summed E-state index contributed by atoms with van der Waals surface area (Å²) >= 11 is 0. The Kier molecular flexibility index (Phi) is 7.52. The number of amides is 2. The van der Waals surface area contributed by atoms with E-state index in [1.165, 1.54) is 17.7 Å². The molecule has 2 aliphatic heterocycles. The zero-order chi connectivity index (χ0) is 29.9. The summed E-state index contributed by atoms with van der Waals surface area (Å²) in [5.41, 5.74) is 11.5. The fourth-order valence-electron chi connectivity index (χ4n) is 8.39. The largest absolute Gasteiger partial charge is 0.477 e. The third kappa shape index (κ3) is 4.60. The van der Waals surface area contributed by atoms with Gasteiger partial charge in [-0.25, -0.2) is 4.79 Å². The number of ketones is 1. The average molecular weight is 585 g/mol. The number of aliphatic hydroxyl groups is 1. The van der Waals surface area contributed by atoms with Crippen LogP contribution in [0.15, 0.2) is 12.1 Å². The van der Waals surface area contributed by atoms with Crippen LogP contribution in [0.1, 0.15) is 62.5 Å². The molecule has 2 saturated carbocycles. The maximum Gasteiger partial charge on any atom is 0.415 e. The van der Waals surface area contributed by atoms with E-state index >= 15 is 0 Å². The number of nitrogens with one attached hydrogen (secondary N) is 1. The van der Waals surface area contributed by atoms with E-state index in [-0.39, 0.29) is 43.0 Å². The minimum absolute atomic E-state index is 0.00646. The van der Waals surface area contributed by atoms with Crippen LogP contribution in [0.2, 0.25) is 0 Å². The van der Waals surface area contributed by atoms with Crippen LogP contribution in [0.3, 0.4) is 0 Å². The molecule has 0 aromatic heterocycles. The van der Waals surface area contributed by atoms with Crippen LogP contribution in [-0.2, 0) is 21.4 Å². The van der Waals surface area contributed by atoms with Gasteiger partial charge in [-0.1, -0.05) is 12.5 Å². The van der Waals surface area contributed by atoms with E-state index in [2.05, 4.69) is 12.4 Å². The minimum Gasteiger partial charge on any atom is -0.477 e. The second-order valence-electron chi connectivity index (χ2n) is 13.6. The van der Waals surface area contributed by atoms with Crippen molar-refractivity contribution in [2.75, 3.05) is 46.8 Å². The highest BCUT2D eigenvalue weighted by molar-refractivity contribution is 5.90. The van der Waals surface area contributed by atoms with Gasteiger partial charge in [0.05, 0.1) is 31.6 Å². The van der Waals surface area contributed by atoms with Gasteiger partial charge in [-0.3, -0.25) is 9.59 Å². The summed E-state index contributed by atoms with van der Waals surface area (Å²) in [4.78, 5) is 40.1. The zero-order valence-corrected chi connectivity index (χ0v) is 24.9. The van der Waals surface area contributed by atoms with Crippen molar-refractivity contribution in [2.24, 2.45) is 17.4 Å². The normalized spacial score (nSPS) is 32.9. The summed E-state index contributed by atoms with van der Waals surface area (Å²) < 4.78 is 13.1. The van der Waals surface area contributed by atoms with Gasteiger partial charge >= 0.3 is 6.09 Å². The number of piperidine rings is 1. The highest BCUT2D eigenvalue weighted by Crippen LogP contribution is 2.66. The van der Waals surface area contributed by atoms with Crippen molar-refractivity contribution >= 4 is 17.8 Å². The average Bonchev–Trinajstić information content (AvgIpc) is 3.69. The number of benzene rings is 1. The Morgan fingerprint density at radius 3 is 2.81 bits per heavy atom. The molecule has 5 aliphatic rings. The molecule has 3 fully saturated rings. The van der Waals surface area contributed by atoms with Crippen LogP contribution in [-0.4, -0.2) is 103 Å². The Labute approximate surface area is 247 Å². The predicted molar refractivity (Wildman–Crippen MR) is 155 cm³/mol. The second kappa shape index (κ2) is 10.8. The third-order valence-electron chi connectivity index (χ3n) is 10.8. The maximum atomic E-state index is 13.3. The van der Waals surface area contributed by atoms with E-state index in [4.69, 9.17) is 20.9 Å². The van der Waals surface area contributed by atoms with E-state index in [1.807, 2.05) is 6.07 Å². The van der Waals surface area contributed by atoms with Gasteiger partial charge in [-0.2, -0.15) is 0 Å². The number of likely N-dealkylation sites (tertiary alicyclic amines) is 1. The Morgan fingerprint density at radius 1 is 1.29 bits per heavy atom. The smallest absolute Gasteiger partial charge is 0.415 e. The number of quaternary nitrogens is 1. The first-order chi connectivity index (χ1) is 20.0. The second-order valence-corrected chi connectivity index (χ2v) is 13.6. The molecular formula is C31H46N5O6+. The summed E-state index contributed by atoms with van der Waals surface area (Å²) in [6.07, 6.45) is 5.38. The van der Waals surface area contributed by atoms with Crippen molar-refractivity contribution in [3.8, 4) is 11.5 Å². The van der Waals surface area contributed by atoms with Crippen molar-refractivity contribution in [2.45, 2.75) is 87.0 Å². The molecule has 6 rings (SSSR count). The van der Waals surface area contributed by atoms with Crippen molar-refractivity contribution in [1.29, 1.82) is 0 Å². The lowest BCUT2D eigenvalue weighted by molar-refractivity contribution is -0.950. The van der Waals surface area contributed by atoms with E-state index in [0.717, 1.165) is 47.5 Å². The molecule has 1 unspecified atom stereocenters. The molecule has 1 spiro atoms.